The van der Waals surface area contributed by atoms with Crippen molar-refractivity contribution < 1.29 is 0 Å². The first-order valence-corrected chi connectivity index (χ1v) is 8.77. The Kier molecular flexibility index (Phi) is 3.68. The Balaban J connectivity index is 2.27. The highest BCUT2D eigenvalue weighted by Gasteiger charge is 2.13. The molecule has 0 saturated heterocycles. The second-order valence-electron chi connectivity index (χ2n) is 5.46. The van der Waals surface area contributed by atoms with Crippen LogP contribution >= 0.6 is 20.4 Å². The molecule has 0 aromatic heterocycles. The molecule has 3 rings (SSSR count). The molecule has 0 saturated carbocycles. The van der Waals surface area contributed by atoms with Gasteiger partial charge in [-0.25, -0.2) is 4.99 Å². The van der Waals surface area contributed by atoms with E-state index in [1.165, 1.54) is 0 Å². The minimum atomic E-state index is -0.469. The van der Waals surface area contributed by atoms with Crippen LogP contribution in [0.2, 0.25) is 0 Å². The van der Waals surface area contributed by atoms with Gasteiger partial charge in [-0.15, -0.1) is 0 Å². The first-order valence-electron chi connectivity index (χ1n) is 6.72. The Morgan fingerprint density at radius 3 is 2.19 bits per heavy atom. The van der Waals surface area contributed by atoms with Gasteiger partial charge in [0.05, 0.1) is 11.0 Å². The molecule has 110 valence electrons. The number of hydrogen-bond acceptors (Lipinski definition) is 3. The van der Waals surface area contributed by atoms with E-state index < -0.39 is 9.70 Å². The second kappa shape index (κ2) is 5.35. The maximum Gasteiger partial charge on any atom is 0.0781 e. The van der Waals surface area contributed by atoms with Crippen LogP contribution in [0.3, 0.4) is 0 Å². The molecule has 1 unspecified atom stereocenters. The lowest BCUT2D eigenvalue weighted by Crippen LogP contribution is -2.13. The maximum atomic E-state index is 6.76. The van der Waals surface area contributed by atoms with E-state index in [0.29, 0.717) is 0 Å². The van der Waals surface area contributed by atoms with Gasteiger partial charge in [-0.05, 0) is 47.1 Å². The monoisotopic (exact) mass is 319 g/mol. The summed E-state index contributed by atoms with van der Waals surface area (Å²) in [5.74, 6) is 0. The van der Waals surface area contributed by atoms with Crippen molar-refractivity contribution in [3.05, 3.63) is 46.3 Å². The molecule has 0 N–H and O–H groups in total. The highest BCUT2D eigenvalue weighted by atomic mass is 35.7. The van der Waals surface area contributed by atoms with Gasteiger partial charge in [0.25, 0.3) is 0 Å². The molecule has 2 aromatic carbocycles. The Bertz CT molecular complexity index is 828. The number of hydrogen-bond donors (Lipinski definition) is 0. The average Bonchev–Trinajstić information content (AvgIpc) is 2.46. The zero-order valence-electron chi connectivity index (χ0n) is 12.6. The van der Waals surface area contributed by atoms with Gasteiger partial charge in [0.2, 0.25) is 0 Å². The molecule has 1 aliphatic rings. The summed E-state index contributed by atoms with van der Waals surface area (Å²) in [4.78, 5) is 10.0. The summed E-state index contributed by atoms with van der Waals surface area (Å²) in [7, 11) is 14.4. The fraction of sp³-hybridized carbons (Fsp3) is 0.250. The van der Waals surface area contributed by atoms with Gasteiger partial charge in [0, 0.05) is 49.0 Å². The lowest BCUT2D eigenvalue weighted by atomic mass is 10.2. The first-order chi connectivity index (χ1) is 9.97. The number of rotatable bonds is 2. The number of halogens is 1. The quantitative estimate of drug-likeness (QED) is 0.784. The van der Waals surface area contributed by atoms with Crippen molar-refractivity contribution in [2.24, 2.45) is 4.99 Å². The fourth-order valence-corrected chi connectivity index (χ4v) is 4.30. The summed E-state index contributed by atoms with van der Waals surface area (Å²) in [5.41, 5.74) is 3.27. The molecule has 5 heteroatoms. The van der Waals surface area contributed by atoms with Crippen LogP contribution in [0.1, 0.15) is 0 Å². The lowest BCUT2D eigenvalue weighted by Gasteiger charge is -2.18. The summed E-state index contributed by atoms with van der Waals surface area (Å²) in [5, 5.41) is 0.976. The van der Waals surface area contributed by atoms with Gasteiger partial charge in [-0.3, -0.25) is 0 Å². The first kappa shape index (κ1) is 14.4. The van der Waals surface area contributed by atoms with Crippen LogP contribution in [-0.4, -0.2) is 28.2 Å². The summed E-state index contributed by atoms with van der Waals surface area (Å²) < 4.78 is 1.10. The van der Waals surface area contributed by atoms with Gasteiger partial charge in [-0.2, -0.15) is 0 Å². The molecule has 0 amide bonds. The standard InChI is InChI=1S/C16H18ClN3S/c1-19(2)11-5-7-13-15(9-11)21(17)16-10-12(20(3)4)6-8-14(16)18-13/h5-10H,1-4H3. The van der Waals surface area contributed by atoms with Crippen LogP contribution in [0.5, 0.6) is 0 Å². The van der Waals surface area contributed by atoms with Crippen molar-refractivity contribution in [3.8, 4) is 0 Å². The van der Waals surface area contributed by atoms with Crippen molar-refractivity contribution in [1.82, 2.24) is 0 Å². The van der Waals surface area contributed by atoms with Crippen LogP contribution in [0.15, 0.2) is 46.3 Å². The van der Waals surface area contributed by atoms with E-state index in [0.717, 1.165) is 31.8 Å². The molecule has 21 heavy (non-hydrogen) atoms. The van der Waals surface area contributed by atoms with Gasteiger partial charge in [-0.1, -0.05) is 9.70 Å². The summed E-state index contributed by atoms with van der Waals surface area (Å²) in [6, 6.07) is 12.5. The molecule has 1 aliphatic heterocycles. The second-order valence-corrected chi connectivity index (χ2v) is 7.78. The van der Waals surface area contributed by atoms with Crippen molar-refractivity contribution >= 4 is 37.4 Å². The van der Waals surface area contributed by atoms with E-state index in [4.69, 9.17) is 15.7 Å². The molecule has 3 nitrogen and oxygen atoms in total. The van der Waals surface area contributed by atoms with Crippen molar-refractivity contribution in [1.29, 1.82) is 0 Å². The van der Waals surface area contributed by atoms with Crippen LogP contribution in [0.25, 0.3) is 0 Å². The summed E-state index contributed by atoms with van der Waals surface area (Å²) in [6.45, 7) is 0. The highest BCUT2D eigenvalue weighted by molar-refractivity contribution is 8.29. The molecular weight excluding hydrogens is 302 g/mol. The molecule has 0 aliphatic carbocycles. The van der Waals surface area contributed by atoms with Crippen molar-refractivity contribution in [2.75, 3.05) is 38.0 Å². The SMILES string of the molecule is CN(C)c1ccc2c(c1)S(Cl)=c1cc(N(C)C)ccc1=N2. The average molecular weight is 320 g/mol. The van der Waals surface area contributed by atoms with Crippen LogP contribution in [0, 0.1) is 4.51 Å². The third-order valence-electron chi connectivity index (χ3n) is 3.55. The molecule has 0 radical (unpaired) electrons. The van der Waals surface area contributed by atoms with Gasteiger partial charge in [0.15, 0.2) is 0 Å². The van der Waals surface area contributed by atoms with Gasteiger partial charge in [0.1, 0.15) is 0 Å². The Labute approximate surface area is 131 Å². The molecule has 0 spiro atoms. The molecule has 2 aromatic rings. The van der Waals surface area contributed by atoms with Crippen LogP contribution in [-0.2, 0) is 0 Å². The molecule has 0 fully saturated rings. The van der Waals surface area contributed by atoms with E-state index in [-0.39, 0.29) is 0 Å². The third-order valence-corrected chi connectivity index (χ3v) is 5.97. The largest absolute Gasteiger partial charge is 0.378 e. The third kappa shape index (κ3) is 2.54. The molecule has 1 heterocycles. The Hall–Kier alpha value is -1.52. The number of fused-ring (bicyclic) bond motifs is 2. The maximum absolute atomic E-state index is 6.76. The topological polar surface area (TPSA) is 18.8 Å². The molecular formula is C16H18ClN3S. The van der Waals surface area contributed by atoms with Crippen LogP contribution in [0.4, 0.5) is 17.1 Å². The van der Waals surface area contributed by atoms with E-state index in [1.807, 2.05) is 28.2 Å². The Morgan fingerprint density at radius 2 is 1.52 bits per heavy atom. The predicted molar refractivity (Wildman–Crippen MR) is 92.9 cm³/mol. The number of anilines is 2. The Morgan fingerprint density at radius 1 is 0.905 bits per heavy atom. The van der Waals surface area contributed by atoms with Gasteiger partial charge >= 0.3 is 0 Å². The molecule has 0 bridgehead atoms. The smallest absolute Gasteiger partial charge is 0.0781 e. The summed E-state index contributed by atoms with van der Waals surface area (Å²) in [6.07, 6.45) is 0. The predicted octanol–water partition coefficient (Wildman–Crippen LogP) is 3.82. The van der Waals surface area contributed by atoms with Crippen LogP contribution < -0.4 is 15.2 Å². The number of nitrogens with zero attached hydrogens (tertiary/aromatic N) is 3. The van der Waals surface area contributed by atoms with Gasteiger partial charge < -0.3 is 9.80 Å². The highest BCUT2D eigenvalue weighted by Crippen LogP contribution is 2.44. The number of benzene rings is 2. The summed E-state index contributed by atoms with van der Waals surface area (Å²) >= 11 is 0. The van der Waals surface area contributed by atoms with Crippen molar-refractivity contribution in [2.45, 2.75) is 4.90 Å². The van der Waals surface area contributed by atoms with E-state index in [1.54, 1.807) is 0 Å². The zero-order chi connectivity index (χ0) is 15.1. The molecule has 1 atom stereocenters. The van der Waals surface area contributed by atoms with E-state index in [9.17, 15) is 0 Å². The van der Waals surface area contributed by atoms with E-state index >= 15 is 0 Å². The normalized spacial score (nSPS) is 15.8. The van der Waals surface area contributed by atoms with E-state index in [2.05, 4.69) is 46.2 Å². The minimum absolute atomic E-state index is 0.469. The zero-order valence-corrected chi connectivity index (χ0v) is 14.2. The fourth-order valence-electron chi connectivity index (χ4n) is 2.28. The lowest BCUT2D eigenvalue weighted by molar-refractivity contribution is 1.11. The van der Waals surface area contributed by atoms with Crippen molar-refractivity contribution in [3.63, 3.8) is 0 Å². The minimum Gasteiger partial charge on any atom is -0.378 e.